The average molecular weight is 201 g/mol. The Kier molecular flexibility index (Phi) is 2.84. The van der Waals surface area contributed by atoms with E-state index in [0.29, 0.717) is 6.29 Å². The van der Waals surface area contributed by atoms with E-state index >= 15 is 0 Å². The largest absolute Gasteiger partial charge is 0.367 e. The number of carbonyl (C=O) groups is 1. The highest BCUT2D eigenvalue weighted by Crippen LogP contribution is 2.33. The van der Waals surface area contributed by atoms with Crippen molar-refractivity contribution in [1.29, 1.82) is 0 Å². The van der Waals surface area contributed by atoms with Gasteiger partial charge in [-0.3, -0.25) is 4.79 Å². The molecule has 1 rings (SSSR count). The van der Waals surface area contributed by atoms with Gasteiger partial charge in [0.25, 0.3) is 0 Å². The molecule has 0 aliphatic heterocycles. The maximum Gasteiger partial charge on any atom is 0.367 e. The zero-order chi connectivity index (χ0) is 10.8. The van der Waals surface area contributed by atoms with Crippen molar-refractivity contribution in [1.82, 2.24) is 0 Å². The third-order valence-electron chi connectivity index (χ3n) is 1.88. The van der Waals surface area contributed by atoms with E-state index in [1.54, 1.807) is 0 Å². The summed E-state index contributed by atoms with van der Waals surface area (Å²) in [5.74, 6) is -0.693. The smallest absolute Gasteiger partial charge is 0.299 e. The van der Waals surface area contributed by atoms with Crippen LogP contribution < -0.4 is 0 Å². The van der Waals surface area contributed by atoms with E-state index in [0.717, 1.165) is 6.92 Å². The van der Waals surface area contributed by atoms with Crippen LogP contribution in [-0.2, 0) is 0 Å². The van der Waals surface area contributed by atoms with Gasteiger partial charge in [-0.25, -0.2) is 0 Å². The molecule has 0 unspecified atom stereocenters. The standard InChI is InChI=1S/C10H8F3O/c1-7(10(11,12)13)9-4-2-3-8(5-9)6-14/h2-6H,1H3/q-1. The van der Waals surface area contributed by atoms with Crippen LogP contribution in [0.15, 0.2) is 24.3 Å². The Morgan fingerprint density at radius 2 is 2.00 bits per heavy atom. The summed E-state index contributed by atoms with van der Waals surface area (Å²) in [5.41, 5.74) is 0.271. The number of carbonyl (C=O) groups excluding carboxylic acids is 1. The van der Waals surface area contributed by atoms with Crippen molar-refractivity contribution < 1.29 is 18.0 Å². The van der Waals surface area contributed by atoms with Gasteiger partial charge in [-0.05, 0) is 5.56 Å². The molecule has 0 spiro atoms. The summed E-state index contributed by atoms with van der Waals surface area (Å²) in [5, 5.41) is 0. The van der Waals surface area contributed by atoms with E-state index < -0.39 is 12.1 Å². The number of hydrogen-bond acceptors (Lipinski definition) is 1. The fraction of sp³-hybridized carbons (Fsp3) is 0.200. The minimum Gasteiger partial charge on any atom is -0.299 e. The lowest BCUT2D eigenvalue weighted by Crippen LogP contribution is -2.18. The first-order valence-electron chi connectivity index (χ1n) is 3.91. The average Bonchev–Trinajstić information content (AvgIpc) is 2.15. The van der Waals surface area contributed by atoms with Crippen LogP contribution in [0.4, 0.5) is 13.2 Å². The number of halogens is 3. The maximum absolute atomic E-state index is 12.2. The van der Waals surface area contributed by atoms with Crippen LogP contribution in [0.1, 0.15) is 22.8 Å². The van der Waals surface area contributed by atoms with Crippen molar-refractivity contribution in [2.24, 2.45) is 0 Å². The van der Waals surface area contributed by atoms with Crippen molar-refractivity contribution in [2.75, 3.05) is 0 Å². The first-order valence-corrected chi connectivity index (χ1v) is 3.91. The molecule has 0 saturated heterocycles. The highest BCUT2D eigenvalue weighted by atomic mass is 19.4. The summed E-state index contributed by atoms with van der Waals surface area (Å²) < 4.78 is 36.7. The molecule has 0 aliphatic carbocycles. The van der Waals surface area contributed by atoms with Crippen molar-refractivity contribution in [2.45, 2.75) is 13.1 Å². The van der Waals surface area contributed by atoms with Gasteiger partial charge in [-0.15, -0.1) is 6.07 Å². The molecule has 0 heterocycles. The predicted molar refractivity (Wildman–Crippen MR) is 45.9 cm³/mol. The van der Waals surface area contributed by atoms with E-state index in [1.165, 1.54) is 24.3 Å². The molecule has 1 aromatic carbocycles. The van der Waals surface area contributed by atoms with Gasteiger partial charge in [-0.1, -0.05) is 18.9 Å². The molecule has 0 aromatic heterocycles. The Labute approximate surface area is 79.5 Å². The molecule has 0 saturated carbocycles. The first kappa shape index (κ1) is 10.6. The molecule has 4 heteroatoms. The molecule has 1 aromatic rings. The summed E-state index contributed by atoms with van der Waals surface area (Å²) in [7, 11) is 0. The van der Waals surface area contributed by atoms with Crippen molar-refractivity contribution in [3.8, 4) is 0 Å². The molecule has 76 valence electrons. The Hall–Kier alpha value is -1.45. The van der Waals surface area contributed by atoms with Crippen LogP contribution in [0.25, 0.3) is 0 Å². The topological polar surface area (TPSA) is 17.1 Å². The van der Waals surface area contributed by atoms with E-state index in [2.05, 4.69) is 0 Å². The van der Waals surface area contributed by atoms with Gasteiger partial charge in [0.15, 0.2) is 0 Å². The molecular formula is C10H8F3O-. The lowest BCUT2D eigenvalue weighted by molar-refractivity contribution is -0.108. The minimum atomic E-state index is -4.35. The molecule has 0 N–H and O–H groups in total. The van der Waals surface area contributed by atoms with Gasteiger partial charge in [0.2, 0.25) is 0 Å². The number of alkyl halides is 3. The van der Waals surface area contributed by atoms with Gasteiger partial charge < -0.3 is 0 Å². The number of aldehydes is 1. The highest BCUT2D eigenvalue weighted by molar-refractivity contribution is 5.75. The number of rotatable bonds is 2. The van der Waals surface area contributed by atoms with Crippen molar-refractivity contribution >= 4 is 6.29 Å². The maximum atomic E-state index is 12.2. The Balaban J connectivity index is 3.01. The second-order valence-corrected chi connectivity index (χ2v) is 2.87. The van der Waals surface area contributed by atoms with E-state index in [1.807, 2.05) is 0 Å². The molecule has 0 amide bonds. The Morgan fingerprint density at radius 1 is 1.36 bits per heavy atom. The molecular weight excluding hydrogens is 193 g/mol. The molecule has 0 fully saturated rings. The molecule has 0 bridgehead atoms. The third-order valence-corrected chi connectivity index (χ3v) is 1.88. The van der Waals surface area contributed by atoms with Gasteiger partial charge in [-0.2, -0.15) is 30.9 Å². The zero-order valence-electron chi connectivity index (χ0n) is 7.43. The van der Waals surface area contributed by atoms with E-state index in [4.69, 9.17) is 0 Å². The van der Waals surface area contributed by atoms with Crippen LogP contribution in [0.3, 0.4) is 0 Å². The normalized spacial score (nSPS) is 11.1. The summed E-state index contributed by atoms with van der Waals surface area (Å²) in [6.45, 7) is 0.990. The Morgan fingerprint density at radius 3 is 2.50 bits per heavy atom. The molecule has 1 nitrogen and oxygen atoms in total. The molecule has 0 aliphatic rings. The Bertz CT molecular complexity index is 330. The summed E-state index contributed by atoms with van der Waals surface area (Å²) >= 11 is 0. The summed E-state index contributed by atoms with van der Waals surface area (Å²) in [4.78, 5) is 10.3. The van der Waals surface area contributed by atoms with Gasteiger partial charge in [0, 0.05) is 0 Å². The second-order valence-electron chi connectivity index (χ2n) is 2.87. The van der Waals surface area contributed by atoms with Crippen LogP contribution in [0.5, 0.6) is 0 Å². The molecule has 0 radical (unpaired) electrons. The number of hydrogen-bond donors (Lipinski definition) is 0. The monoisotopic (exact) mass is 201 g/mol. The fourth-order valence-corrected chi connectivity index (χ4v) is 1.01. The molecule has 14 heavy (non-hydrogen) atoms. The van der Waals surface area contributed by atoms with Crippen molar-refractivity contribution in [3.63, 3.8) is 0 Å². The minimum absolute atomic E-state index is 0.0297. The lowest BCUT2D eigenvalue weighted by Gasteiger charge is -2.24. The van der Waals surface area contributed by atoms with Crippen molar-refractivity contribution in [3.05, 3.63) is 41.3 Å². The van der Waals surface area contributed by atoms with Crippen LogP contribution in [0.2, 0.25) is 0 Å². The van der Waals surface area contributed by atoms with Crippen LogP contribution in [-0.4, -0.2) is 12.5 Å². The second kappa shape index (κ2) is 3.74. The molecule has 0 atom stereocenters. The predicted octanol–water partition coefficient (Wildman–Crippen LogP) is 3.00. The van der Waals surface area contributed by atoms with Crippen LogP contribution in [0, 0.1) is 5.92 Å². The third kappa shape index (κ3) is 2.28. The van der Waals surface area contributed by atoms with Gasteiger partial charge in [0.05, 0.1) is 0 Å². The quantitative estimate of drug-likeness (QED) is 0.531. The van der Waals surface area contributed by atoms with Gasteiger partial charge in [0.1, 0.15) is 6.29 Å². The fourth-order valence-electron chi connectivity index (χ4n) is 1.01. The SMILES string of the molecule is C[C-](c1cccc(C=O)c1)C(F)(F)F. The lowest BCUT2D eigenvalue weighted by atomic mass is 9.99. The number of benzene rings is 1. The van der Waals surface area contributed by atoms with Crippen LogP contribution >= 0.6 is 0 Å². The summed E-state index contributed by atoms with van der Waals surface area (Å²) in [6.07, 6.45) is -3.82. The zero-order valence-corrected chi connectivity index (χ0v) is 7.43. The van der Waals surface area contributed by atoms with Gasteiger partial charge >= 0.3 is 6.18 Å². The first-order chi connectivity index (χ1) is 6.45. The summed E-state index contributed by atoms with van der Waals surface area (Å²) in [6, 6.07) is 5.43. The highest BCUT2D eigenvalue weighted by Gasteiger charge is 2.30. The van der Waals surface area contributed by atoms with E-state index in [9.17, 15) is 18.0 Å². The van der Waals surface area contributed by atoms with E-state index in [-0.39, 0.29) is 11.1 Å².